The zero-order valence-corrected chi connectivity index (χ0v) is 16.5. The molecule has 0 bridgehead atoms. The average molecular weight is 400 g/mol. The van der Waals surface area contributed by atoms with Gasteiger partial charge in [-0.05, 0) is 61.2 Å². The third kappa shape index (κ3) is 3.59. The van der Waals surface area contributed by atoms with E-state index in [1.165, 1.54) is 4.90 Å². The van der Waals surface area contributed by atoms with Crippen molar-refractivity contribution in [2.24, 2.45) is 0 Å². The van der Waals surface area contributed by atoms with Gasteiger partial charge < -0.3 is 9.42 Å². The summed E-state index contributed by atoms with van der Waals surface area (Å²) in [5.41, 5.74) is 2.69. The zero-order valence-electron chi connectivity index (χ0n) is 15.0. The van der Waals surface area contributed by atoms with Gasteiger partial charge in [0.2, 0.25) is 17.6 Å². The molecule has 1 aromatic heterocycles. The van der Waals surface area contributed by atoms with Crippen molar-refractivity contribution in [3.8, 4) is 11.4 Å². The Morgan fingerprint density at radius 3 is 2.70 bits per heavy atom. The molecule has 2 aromatic carbocycles. The van der Waals surface area contributed by atoms with E-state index in [4.69, 9.17) is 16.1 Å². The highest BCUT2D eigenvalue weighted by Crippen LogP contribution is 2.33. The summed E-state index contributed by atoms with van der Waals surface area (Å²) in [5, 5.41) is 4.79. The number of hydrogen-bond donors (Lipinski definition) is 0. The van der Waals surface area contributed by atoms with Gasteiger partial charge in [-0.2, -0.15) is 4.98 Å². The number of hydrogen-bond acceptors (Lipinski definition) is 5. The van der Waals surface area contributed by atoms with E-state index in [9.17, 15) is 4.79 Å². The van der Waals surface area contributed by atoms with Crippen molar-refractivity contribution in [1.29, 1.82) is 0 Å². The van der Waals surface area contributed by atoms with Crippen LogP contribution in [0.4, 0.5) is 5.69 Å². The van der Waals surface area contributed by atoms with Gasteiger partial charge in [-0.3, -0.25) is 4.79 Å². The molecule has 1 amide bonds. The maximum atomic E-state index is 12.5. The molecule has 1 saturated heterocycles. The molecule has 0 spiro atoms. The van der Waals surface area contributed by atoms with Crippen LogP contribution in [-0.4, -0.2) is 28.8 Å². The predicted molar refractivity (Wildman–Crippen MR) is 107 cm³/mol. The number of aromatic nitrogens is 2. The molecule has 27 heavy (non-hydrogen) atoms. The lowest BCUT2D eigenvalue weighted by atomic mass is 10.1. The molecule has 0 radical (unpaired) electrons. The van der Waals surface area contributed by atoms with Crippen LogP contribution in [0.1, 0.15) is 23.8 Å². The lowest BCUT2D eigenvalue weighted by Crippen LogP contribution is -2.24. The van der Waals surface area contributed by atoms with Gasteiger partial charge in [0, 0.05) is 34.1 Å². The van der Waals surface area contributed by atoms with E-state index in [1.54, 1.807) is 16.7 Å². The van der Waals surface area contributed by atoms with Crippen LogP contribution in [0.3, 0.4) is 0 Å². The van der Waals surface area contributed by atoms with E-state index in [0.29, 0.717) is 29.7 Å². The van der Waals surface area contributed by atoms with Crippen LogP contribution >= 0.6 is 23.4 Å². The fraction of sp³-hybridized carbons (Fsp3) is 0.250. The van der Waals surface area contributed by atoms with Crippen LogP contribution in [0.5, 0.6) is 0 Å². The van der Waals surface area contributed by atoms with Crippen LogP contribution in [0, 0.1) is 6.92 Å². The number of aryl methyl sites for hydroxylation is 1. The molecule has 4 rings (SSSR count). The molecule has 1 fully saturated rings. The Labute approximate surface area is 166 Å². The molecule has 1 aliphatic heterocycles. The fourth-order valence-electron chi connectivity index (χ4n) is 3.18. The first kappa shape index (κ1) is 18.1. The summed E-state index contributed by atoms with van der Waals surface area (Å²) in [6.07, 6.45) is 2.39. The average Bonchev–Trinajstić information content (AvgIpc) is 3.31. The number of halogens is 1. The number of anilines is 1. The molecule has 0 saturated carbocycles. The van der Waals surface area contributed by atoms with Gasteiger partial charge in [0.15, 0.2) is 0 Å². The summed E-state index contributed by atoms with van der Waals surface area (Å²) < 4.78 is 5.47. The van der Waals surface area contributed by atoms with Crippen molar-refractivity contribution < 1.29 is 9.32 Å². The molecule has 5 nitrogen and oxygen atoms in total. The second kappa shape index (κ2) is 7.37. The summed E-state index contributed by atoms with van der Waals surface area (Å²) in [4.78, 5) is 20.0. The lowest BCUT2D eigenvalue weighted by Gasteiger charge is -2.17. The van der Waals surface area contributed by atoms with Gasteiger partial charge in [0.05, 0.1) is 5.92 Å². The van der Waals surface area contributed by atoms with Gasteiger partial charge in [-0.1, -0.05) is 16.8 Å². The van der Waals surface area contributed by atoms with Crippen molar-refractivity contribution in [3.05, 3.63) is 58.9 Å². The zero-order chi connectivity index (χ0) is 19.0. The summed E-state index contributed by atoms with van der Waals surface area (Å²) in [6.45, 7) is 2.45. The molecule has 1 aliphatic rings. The Morgan fingerprint density at radius 1 is 1.22 bits per heavy atom. The lowest BCUT2D eigenvalue weighted by molar-refractivity contribution is -0.117. The van der Waals surface area contributed by atoms with Gasteiger partial charge >= 0.3 is 0 Å². The normalized spacial score (nSPS) is 16.9. The first-order valence-corrected chi connectivity index (χ1v) is 10.2. The van der Waals surface area contributed by atoms with Crippen LogP contribution in [0.15, 0.2) is 51.9 Å². The summed E-state index contributed by atoms with van der Waals surface area (Å²) >= 11 is 7.77. The van der Waals surface area contributed by atoms with E-state index >= 15 is 0 Å². The second-order valence-electron chi connectivity index (χ2n) is 6.52. The molecule has 138 valence electrons. The highest BCUT2D eigenvalue weighted by Gasteiger charge is 2.35. The maximum absolute atomic E-state index is 12.5. The van der Waals surface area contributed by atoms with E-state index in [0.717, 1.165) is 16.8 Å². The van der Waals surface area contributed by atoms with Crippen LogP contribution < -0.4 is 4.90 Å². The standard InChI is InChI=1S/C20H18ClN3O2S/c1-12-9-15(5-8-17(12)21)24-11-14(10-18(24)25)20-22-19(23-26-20)13-3-6-16(27-2)7-4-13/h3-9,14H,10-11H2,1-2H3. The smallest absolute Gasteiger partial charge is 0.232 e. The van der Waals surface area contributed by atoms with Gasteiger partial charge in [0.1, 0.15) is 0 Å². The number of carbonyl (C=O) groups excluding carboxylic acids is 1. The molecule has 2 heterocycles. The maximum Gasteiger partial charge on any atom is 0.232 e. The van der Waals surface area contributed by atoms with Gasteiger partial charge in [-0.25, -0.2) is 0 Å². The Balaban J connectivity index is 1.53. The second-order valence-corrected chi connectivity index (χ2v) is 7.81. The Bertz CT molecular complexity index is 987. The SMILES string of the molecule is CSc1ccc(-c2noc(C3CC(=O)N(c4ccc(Cl)c(C)c4)C3)n2)cc1. The number of benzene rings is 2. The minimum Gasteiger partial charge on any atom is -0.339 e. The third-order valence-corrected chi connectivity index (χ3v) is 5.89. The van der Waals surface area contributed by atoms with Crippen molar-refractivity contribution >= 4 is 35.0 Å². The molecule has 0 aliphatic carbocycles. The Hall–Kier alpha value is -2.31. The summed E-state index contributed by atoms with van der Waals surface area (Å²) in [6, 6.07) is 13.6. The molecular weight excluding hydrogens is 382 g/mol. The quantitative estimate of drug-likeness (QED) is 0.581. The highest BCUT2D eigenvalue weighted by molar-refractivity contribution is 7.98. The van der Waals surface area contributed by atoms with Gasteiger partial charge in [0.25, 0.3) is 0 Å². The Kier molecular flexibility index (Phi) is 4.93. The predicted octanol–water partition coefficient (Wildman–Crippen LogP) is 4.94. The Morgan fingerprint density at radius 2 is 2.00 bits per heavy atom. The van der Waals surface area contributed by atoms with Crippen LogP contribution in [-0.2, 0) is 4.79 Å². The first-order chi connectivity index (χ1) is 13.0. The first-order valence-electron chi connectivity index (χ1n) is 8.59. The molecule has 1 atom stereocenters. The van der Waals surface area contributed by atoms with E-state index < -0.39 is 0 Å². The number of thioether (sulfide) groups is 1. The highest BCUT2D eigenvalue weighted by atomic mass is 35.5. The van der Waals surface area contributed by atoms with E-state index in [-0.39, 0.29) is 11.8 Å². The largest absolute Gasteiger partial charge is 0.339 e. The molecule has 3 aromatic rings. The van der Waals surface area contributed by atoms with Gasteiger partial charge in [-0.15, -0.1) is 11.8 Å². The number of carbonyl (C=O) groups is 1. The molecule has 7 heteroatoms. The number of nitrogens with zero attached hydrogens (tertiary/aromatic N) is 3. The molecular formula is C20H18ClN3O2S. The monoisotopic (exact) mass is 399 g/mol. The minimum absolute atomic E-state index is 0.0470. The van der Waals surface area contributed by atoms with Crippen LogP contribution in [0.25, 0.3) is 11.4 Å². The number of amides is 1. The van der Waals surface area contributed by atoms with E-state index in [1.807, 2.05) is 55.6 Å². The minimum atomic E-state index is -0.111. The molecule has 0 N–H and O–H groups in total. The van der Waals surface area contributed by atoms with E-state index in [2.05, 4.69) is 10.1 Å². The molecule has 1 unspecified atom stereocenters. The van der Waals surface area contributed by atoms with Crippen molar-refractivity contribution in [2.45, 2.75) is 24.2 Å². The number of rotatable bonds is 4. The third-order valence-electron chi connectivity index (χ3n) is 4.72. The van der Waals surface area contributed by atoms with Crippen molar-refractivity contribution in [1.82, 2.24) is 10.1 Å². The van der Waals surface area contributed by atoms with Crippen molar-refractivity contribution in [3.63, 3.8) is 0 Å². The van der Waals surface area contributed by atoms with Crippen LogP contribution in [0.2, 0.25) is 5.02 Å². The van der Waals surface area contributed by atoms with Crippen molar-refractivity contribution in [2.75, 3.05) is 17.7 Å². The topological polar surface area (TPSA) is 59.2 Å². The fourth-order valence-corrected chi connectivity index (χ4v) is 3.70. The summed E-state index contributed by atoms with van der Waals surface area (Å²) in [7, 11) is 0. The summed E-state index contributed by atoms with van der Waals surface area (Å²) in [5.74, 6) is 0.984.